The van der Waals surface area contributed by atoms with Crippen LogP contribution in [0, 0.1) is 5.82 Å². The van der Waals surface area contributed by atoms with Crippen LogP contribution in [0.4, 0.5) is 4.39 Å². The molecule has 1 saturated heterocycles. The zero-order chi connectivity index (χ0) is 22.9. The van der Waals surface area contributed by atoms with E-state index in [1.165, 1.54) is 30.3 Å². The van der Waals surface area contributed by atoms with Gasteiger partial charge in [0.1, 0.15) is 26.4 Å². The molecule has 0 unspecified atom stereocenters. The van der Waals surface area contributed by atoms with Crippen molar-refractivity contribution in [3.8, 4) is 0 Å². The van der Waals surface area contributed by atoms with Crippen molar-refractivity contribution in [3.05, 3.63) is 51.1 Å². The molecule has 1 amide bonds. The third-order valence-corrected chi connectivity index (χ3v) is 8.93. The van der Waals surface area contributed by atoms with Crippen molar-refractivity contribution in [2.45, 2.75) is 35.2 Å². The number of nitrogens with zero attached hydrogens (tertiary/aromatic N) is 1. The number of aliphatic carboxylic acids is 1. The minimum absolute atomic E-state index is 0.0147. The molecule has 2 heterocycles. The van der Waals surface area contributed by atoms with E-state index in [1.54, 1.807) is 0 Å². The maximum atomic E-state index is 13.1. The first-order valence-electron chi connectivity index (χ1n) is 8.99. The second-order valence-electron chi connectivity index (χ2n) is 7.00. The Morgan fingerprint density at radius 1 is 1.32 bits per heavy atom. The Hall–Kier alpha value is -1.76. The van der Waals surface area contributed by atoms with Crippen LogP contribution in [0.3, 0.4) is 0 Å². The summed E-state index contributed by atoms with van der Waals surface area (Å²) in [5.74, 6) is -2.58. The van der Waals surface area contributed by atoms with E-state index in [0.29, 0.717) is 5.56 Å². The lowest BCUT2D eigenvalue weighted by molar-refractivity contribution is -0.142. The van der Waals surface area contributed by atoms with E-state index in [9.17, 15) is 27.5 Å². The van der Waals surface area contributed by atoms with Gasteiger partial charge in [-0.3, -0.25) is 4.79 Å². The van der Waals surface area contributed by atoms with Crippen molar-refractivity contribution in [2.75, 3.05) is 6.54 Å². The smallest absolute Gasteiger partial charge is 0.326 e. The first-order chi connectivity index (χ1) is 14.5. The van der Waals surface area contributed by atoms with Crippen LogP contribution < -0.4 is 11.1 Å². The first kappa shape index (κ1) is 23.9. The van der Waals surface area contributed by atoms with Gasteiger partial charge in [0, 0.05) is 19.0 Å². The zero-order valence-electron chi connectivity index (χ0n) is 15.8. The summed E-state index contributed by atoms with van der Waals surface area (Å²) in [5.41, 5.74) is 6.40. The van der Waals surface area contributed by atoms with Gasteiger partial charge in [0.05, 0.1) is 5.02 Å². The molecule has 3 atom stereocenters. The van der Waals surface area contributed by atoms with Crippen LogP contribution in [0.5, 0.6) is 0 Å². The molecule has 0 aliphatic carbocycles. The number of hydrogen-bond acceptors (Lipinski definition) is 6. The lowest BCUT2D eigenvalue weighted by atomic mass is 10.1. The first-order valence-corrected chi connectivity index (χ1v) is 12.0. The van der Waals surface area contributed by atoms with Crippen LogP contribution >= 0.6 is 34.5 Å². The molecule has 0 bridgehead atoms. The average molecular weight is 510 g/mol. The highest BCUT2D eigenvalue weighted by Crippen LogP contribution is 2.37. The van der Waals surface area contributed by atoms with Crippen LogP contribution in [0.25, 0.3) is 0 Å². The molecular formula is C18H18Cl2FN3O5S2. The van der Waals surface area contributed by atoms with Crippen LogP contribution in [0.1, 0.15) is 12.0 Å². The Labute approximate surface area is 191 Å². The summed E-state index contributed by atoms with van der Waals surface area (Å²) in [6.45, 7) is -0.122. The van der Waals surface area contributed by atoms with Crippen molar-refractivity contribution < 1.29 is 27.5 Å². The fraction of sp³-hybridized carbons (Fsp3) is 0.333. The molecule has 13 heteroatoms. The Morgan fingerprint density at radius 2 is 1.97 bits per heavy atom. The van der Waals surface area contributed by atoms with Crippen molar-refractivity contribution in [3.63, 3.8) is 0 Å². The lowest BCUT2D eigenvalue weighted by Crippen LogP contribution is -2.51. The monoisotopic (exact) mass is 509 g/mol. The predicted octanol–water partition coefficient (Wildman–Crippen LogP) is 2.10. The number of carboxylic acids is 1. The molecule has 1 aromatic heterocycles. The van der Waals surface area contributed by atoms with Crippen LogP contribution in [0.15, 0.2) is 34.5 Å². The number of nitrogens with two attached hydrogens (primary N) is 1. The molecule has 0 radical (unpaired) electrons. The van der Waals surface area contributed by atoms with E-state index < -0.39 is 45.8 Å². The van der Waals surface area contributed by atoms with Gasteiger partial charge in [-0.1, -0.05) is 35.3 Å². The summed E-state index contributed by atoms with van der Waals surface area (Å²) in [6, 6.07) is 3.21. The van der Waals surface area contributed by atoms with E-state index in [4.69, 9.17) is 28.9 Å². The second-order valence-corrected chi connectivity index (χ2v) is 11.2. The SMILES string of the molecule is N[C@@H]1C[C@@H](C(=O)N[C@@H](Cc2ccc(F)cc2)C(=O)O)N(S(=O)(=O)c2cc(Cl)c(Cl)s2)C1. The molecule has 8 nitrogen and oxygen atoms in total. The average Bonchev–Trinajstić information content (AvgIpc) is 3.26. The van der Waals surface area contributed by atoms with E-state index in [0.717, 1.165) is 15.6 Å². The number of carbonyl (C=O) groups excluding carboxylic acids is 1. The Morgan fingerprint density at radius 3 is 2.52 bits per heavy atom. The minimum Gasteiger partial charge on any atom is -0.480 e. The maximum Gasteiger partial charge on any atom is 0.326 e. The number of carboxylic acid groups (broad SMARTS) is 1. The van der Waals surface area contributed by atoms with Crippen molar-refractivity contribution >= 4 is 56.4 Å². The van der Waals surface area contributed by atoms with Gasteiger partial charge < -0.3 is 16.2 Å². The van der Waals surface area contributed by atoms with Gasteiger partial charge in [0.2, 0.25) is 5.91 Å². The van der Waals surface area contributed by atoms with Gasteiger partial charge in [0.25, 0.3) is 10.0 Å². The standard InChI is InChI=1S/C18H18Cl2FN3O5S2/c19-12-7-15(30-16(12)20)31(28,29)24-8-11(22)6-14(24)17(25)23-13(18(26)27)5-9-1-3-10(21)4-2-9/h1-4,7,11,13-14H,5-6,8,22H2,(H,23,25)(H,26,27)/t11-,13+,14+/m1/s1. The maximum absolute atomic E-state index is 13.1. The van der Waals surface area contributed by atoms with Gasteiger partial charge in [-0.25, -0.2) is 17.6 Å². The van der Waals surface area contributed by atoms with E-state index >= 15 is 0 Å². The number of carbonyl (C=O) groups is 2. The summed E-state index contributed by atoms with van der Waals surface area (Å²) in [7, 11) is -4.13. The van der Waals surface area contributed by atoms with Crippen LogP contribution in [-0.2, 0) is 26.0 Å². The highest BCUT2D eigenvalue weighted by atomic mass is 35.5. The molecule has 0 saturated carbocycles. The van der Waals surface area contributed by atoms with Gasteiger partial charge in [-0.05, 0) is 30.2 Å². The number of rotatable bonds is 7. The molecule has 3 rings (SSSR count). The highest BCUT2D eigenvalue weighted by Gasteiger charge is 2.44. The van der Waals surface area contributed by atoms with Crippen molar-refractivity contribution in [1.82, 2.24) is 9.62 Å². The van der Waals surface area contributed by atoms with Crippen LogP contribution in [0.2, 0.25) is 9.36 Å². The number of hydrogen-bond donors (Lipinski definition) is 3. The van der Waals surface area contributed by atoms with Gasteiger partial charge in [0.15, 0.2) is 0 Å². The molecule has 168 valence electrons. The molecule has 31 heavy (non-hydrogen) atoms. The number of amides is 1. The number of halogens is 3. The van der Waals surface area contributed by atoms with Crippen molar-refractivity contribution in [2.24, 2.45) is 5.73 Å². The Balaban J connectivity index is 1.80. The minimum atomic E-state index is -4.13. The van der Waals surface area contributed by atoms with Crippen molar-refractivity contribution in [1.29, 1.82) is 0 Å². The molecular weight excluding hydrogens is 492 g/mol. The largest absolute Gasteiger partial charge is 0.480 e. The van der Waals surface area contributed by atoms with E-state index in [-0.39, 0.29) is 33.0 Å². The van der Waals surface area contributed by atoms with E-state index in [2.05, 4.69) is 5.32 Å². The van der Waals surface area contributed by atoms with Gasteiger partial charge in [-0.2, -0.15) is 4.31 Å². The topological polar surface area (TPSA) is 130 Å². The normalized spacial score (nSPS) is 20.5. The lowest BCUT2D eigenvalue weighted by Gasteiger charge is -2.24. The number of thiophene rings is 1. The second kappa shape index (κ2) is 9.39. The predicted molar refractivity (Wildman–Crippen MR) is 114 cm³/mol. The molecule has 1 aliphatic heterocycles. The summed E-state index contributed by atoms with van der Waals surface area (Å²) in [4.78, 5) is 24.5. The number of nitrogens with one attached hydrogen (secondary N) is 1. The quantitative estimate of drug-likeness (QED) is 0.523. The summed E-state index contributed by atoms with van der Waals surface area (Å²) in [6.07, 6.45) is -0.0934. The molecule has 4 N–H and O–H groups in total. The number of sulfonamides is 1. The van der Waals surface area contributed by atoms with Gasteiger partial charge in [-0.15, -0.1) is 11.3 Å². The zero-order valence-corrected chi connectivity index (χ0v) is 18.9. The highest BCUT2D eigenvalue weighted by molar-refractivity contribution is 7.91. The molecule has 1 aromatic carbocycles. The van der Waals surface area contributed by atoms with Crippen LogP contribution in [-0.4, -0.2) is 54.4 Å². The summed E-state index contributed by atoms with van der Waals surface area (Å²) >= 11 is 12.5. The van der Waals surface area contributed by atoms with Gasteiger partial charge >= 0.3 is 5.97 Å². The summed E-state index contributed by atoms with van der Waals surface area (Å²) in [5, 5.41) is 11.9. The molecule has 1 aliphatic rings. The third-order valence-electron chi connectivity index (χ3n) is 4.74. The Kier molecular flexibility index (Phi) is 7.24. The molecule has 2 aromatic rings. The Bertz CT molecular complexity index is 1070. The molecule has 0 spiro atoms. The fourth-order valence-electron chi connectivity index (χ4n) is 3.23. The number of benzene rings is 1. The third kappa shape index (κ3) is 5.36. The fourth-order valence-corrected chi connectivity index (χ4v) is 6.90. The molecule has 1 fully saturated rings. The summed E-state index contributed by atoms with van der Waals surface area (Å²) < 4.78 is 40.0. The van der Waals surface area contributed by atoms with E-state index in [1.807, 2.05) is 0 Å².